The van der Waals surface area contributed by atoms with Gasteiger partial charge in [-0.2, -0.15) is 0 Å². The Morgan fingerprint density at radius 2 is 2.20 bits per heavy atom. The zero-order valence-corrected chi connectivity index (χ0v) is 11.2. The van der Waals surface area contributed by atoms with Gasteiger partial charge >= 0.3 is 0 Å². The van der Waals surface area contributed by atoms with E-state index in [9.17, 15) is 5.11 Å². The van der Waals surface area contributed by atoms with Crippen LogP contribution >= 0.6 is 0 Å². The molecule has 7 nitrogen and oxygen atoms in total. The van der Waals surface area contributed by atoms with Crippen molar-refractivity contribution >= 4 is 6.47 Å². The topological polar surface area (TPSA) is 104 Å². The van der Waals surface area contributed by atoms with E-state index in [2.05, 4.69) is 19.5 Å². The average molecular weight is 278 g/mol. The van der Waals surface area contributed by atoms with Gasteiger partial charge in [0.05, 0.1) is 12.4 Å². The molecule has 3 rings (SSSR count). The van der Waals surface area contributed by atoms with E-state index in [4.69, 9.17) is 9.90 Å². The predicted molar refractivity (Wildman–Crippen MR) is 72.1 cm³/mol. The summed E-state index contributed by atoms with van der Waals surface area (Å²) >= 11 is 0. The Balaban J connectivity index is 0.000000452. The fourth-order valence-corrected chi connectivity index (χ4v) is 2.56. The van der Waals surface area contributed by atoms with Crippen molar-refractivity contribution in [3.05, 3.63) is 24.4 Å². The summed E-state index contributed by atoms with van der Waals surface area (Å²) in [5.41, 5.74) is 1.92. The van der Waals surface area contributed by atoms with Crippen LogP contribution in [-0.2, 0) is 4.79 Å². The minimum absolute atomic E-state index is 0.171. The molecule has 1 saturated carbocycles. The normalized spacial score (nSPS) is 21.3. The zero-order chi connectivity index (χ0) is 14.5. The van der Waals surface area contributed by atoms with E-state index in [1.54, 1.807) is 12.5 Å². The molecule has 108 valence electrons. The molecule has 0 unspecified atom stereocenters. The van der Waals surface area contributed by atoms with Crippen LogP contribution < -0.4 is 0 Å². The summed E-state index contributed by atoms with van der Waals surface area (Å²) in [5, 5.41) is 16.5. The first-order chi connectivity index (χ1) is 9.67. The zero-order valence-electron chi connectivity index (χ0n) is 11.2. The number of aliphatic hydroxyl groups is 1. The number of nitrogens with zero attached hydrogens (tertiary/aromatic N) is 3. The van der Waals surface area contributed by atoms with Gasteiger partial charge in [-0.15, -0.1) is 0 Å². The maximum atomic E-state index is 9.62. The summed E-state index contributed by atoms with van der Waals surface area (Å²) in [6, 6.07) is 0.346. The number of carboxylic acid groups (broad SMARTS) is 1. The summed E-state index contributed by atoms with van der Waals surface area (Å²) in [5.74, 6) is 0.892. The van der Waals surface area contributed by atoms with Gasteiger partial charge in [0.15, 0.2) is 5.82 Å². The number of aryl methyl sites for hydroxylation is 1. The smallest absolute Gasteiger partial charge is 0.290 e. The van der Waals surface area contributed by atoms with Gasteiger partial charge in [0.1, 0.15) is 5.69 Å². The van der Waals surface area contributed by atoms with E-state index >= 15 is 0 Å². The molecule has 1 aliphatic rings. The van der Waals surface area contributed by atoms with E-state index in [0.717, 1.165) is 36.5 Å². The van der Waals surface area contributed by atoms with Gasteiger partial charge in [-0.25, -0.2) is 9.97 Å². The van der Waals surface area contributed by atoms with Crippen LogP contribution in [0, 0.1) is 6.92 Å². The van der Waals surface area contributed by atoms with E-state index in [1.807, 2.05) is 13.1 Å². The molecule has 0 bridgehead atoms. The number of H-pyrrole nitrogens is 1. The van der Waals surface area contributed by atoms with Crippen molar-refractivity contribution in [3.63, 3.8) is 0 Å². The van der Waals surface area contributed by atoms with E-state index in [1.165, 1.54) is 0 Å². The third kappa shape index (κ3) is 2.88. The molecule has 2 heterocycles. The van der Waals surface area contributed by atoms with Crippen LogP contribution in [0.5, 0.6) is 0 Å². The molecule has 2 aromatic rings. The highest BCUT2D eigenvalue weighted by Gasteiger charge is 2.26. The molecule has 2 atom stereocenters. The first kappa shape index (κ1) is 14.3. The second kappa shape index (κ2) is 6.33. The van der Waals surface area contributed by atoms with Crippen LogP contribution in [0.25, 0.3) is 11.5 Å². The van der Waals surface area contributed by atoms with Crippen molar-refractivity contribution in [2.75, 3.05) is 0 Å². The van der Waals surface area contributed by atoms with Gasteiger partial charge in [0.2, 0.25) is 0 Å². The molecule has 0 spiro atoms. The van der Waals surface area contributed by atoms with Crippen molar-refractivity contribution in [2.45, 2.75) is 38.3 Å². The molecule has 1 aliphatic carbocycles. The van der Waals surface area contributed by atoms with Crippen molar-refractivity contribution in [3.8, 4) is 11.5 Å². The number of nitrogens with one attached hydrogen (secondary N) is 1. The first-order valence-electron chi connectivity index (χ1n) is 6.46. The van der Waals surface area contributed by atoms with Gasteiger partial charge in [0, 0.05) is 24.1 Å². The standard InChI is InChI=1S/C12H16N4O.CH2O2/c1-8-11(15-7-14-8)12-13-4-5-16(12)9-2-3-10(17)6-9;2-1-3/h4-5,7,9-10,17H,2-3,6H2,1H3,(H,14,15);1H,(H,2,3)/t9-,10+;/m1./s1. The summed E-state index contributed by atoms with van der Waals surface area (Å²) in [7, 11) is 0. The molecular formula is C13H18N4O3. The monoisotopic (exact) mass is 278 g/mol. The van der Waals surface area contributed by atoms with Gasteiger partial charge in [0.25, 0.3) is 6.47 Å². The second-order valence-electron chi connectivity index (χ2n) is 4.76. The predicted octanol–water partition coefficient (Wildman–Crippen LogP) is 1.37. The summed E-state index contributed by atoms with van der Waals surface area (Å²) in [6.07, 6.45) is 7.99. The van der Waals surface area contributed by atoms with E-state index in [0.29, 0.717) is 6.04 Å². The number of aromatic nitrogens is 4. The lowest BCUT2D eigenvalue weighted by Crippen LogP contribution is -2.08. The molecule has 2 aromatic heterocycles. The van der Waals surface area contributed by atoms with E-state index in [-0.39, 0.29) is 12.6 Å². The minimum atomic E-state index is -0.250. The largest absolute Gasteiger partial charge is 0.483 e. The minimum Gasteiger partial charge on any atom is -0.483 e. The molecule has 20 heavy (non-hydrogen) atoms. The second-order valence-corrected chi connectivity index (χ2v) is 4.76. The van der Waals surface area contributed by atoms with Crippen molar-refractivity contribution in [1.82, 2.24) is 19.5 Å². The molecule has 0 saturated heterocycles. The summed E-state index contributed by atoms with van der Waals surface area (Å²) in [6.45, 7) is 1.74. The Labute approximate surface area is 116 Å². The lowest BCUT2D eigenvalue weighted by molar-refractivity contribution is -0.122. The molecule has 3 N–H and O–H groups in total. The third-order valence-corrected chi connectivity index (χ3v) is 3.48. The van der Waals surface area contributed by atoms with Crippen molar-refractivity contribution < 1.29 is 15.0 Å². The molecule has 0 amide bonds. The Morgan fingerprint density at radius 3 is 2.75 bits per heavy atom. The van der Waals surface area contributed by atoms with Crippen LogP contribution in [-0.4, -0.2) is 42.3 Å². The SMILES string of the molecule is Cc1[nH]cnc1-c1nccn1[C@@H]1CC[C@H](O)C1.O=CO. The number of aliphatic hydroxyl groups excluding tert-OH is 1. The number of hydrogen-bond acceptors (Lipinski definition) is 4. The van der Waals surface area contributed by atoms with Gasteiger partial charge in [-0.1, -0.05) is 0 Å². The average Bonchev–Trinajstić information content (AvgIpc) is 3.09. The molecule has 0 radical (unpaired) electrons. The molecule has 0 aliphatic heterocycles. The maximum absolute atomic E-state index is 9.62. The lowest BCUT2D eigenvalue weighted by atomic mass is 10.2. The number of imidazole rings is 2. The Kier molecular flexibility index (Phi) is 4.52. The van der Waals surface area contributed by atoms with E-state index < -0.39 is 0 Å². The number of carbonyl (C=O) groups is 1. The Morgan fingerprint density at radius 1 is 1.45 bits per heavy atom. The van der Waals surface area contributed by atoms with Crippen LogP contribution in [0.1, 0.15) is 31.0 Å². The highest BCUT2D eigenvalue weighted by Crippen LogP contribution is 2.33. The Hall–Kier alpha value is -2.15. The van der Waals surface area contributed by atoms with Crippen LogP contribution in [0.4, 0.5) is 0 Å². The number of rotatable bonds is 2. The Bertz CT molecular complexity index is 563. The fraction of sp³-hybridized carbons (Fsp3) is 0.462. The lowest BCUT2D eigenvalue weighted by Gasteiger charge is -2.14. The van der Waals surface area contributed by atoms with Gasteiger partial charge in [-0.3, -0.25) is 4.79 Å². The molecule has 0 aromatic carbocycles. The quantitative estimate of drug-likeness (QED) is 0.720. The fourth-order valence-electron chi connectivity index (χ4n) is 2.56. The van der Waals surface area contributed by atoms with Crippen molar-refractivity contribution in [2.24, 2.45) is 0 Å². The van der Waals surface area contributed by atoms with Crippen LogP contribution in [0.3, 0.4) is 0 Å². The number of aromatic amines is 1. The molecule has 1 fully saturated rings. The van der Waals surface area contributed by atoms with Gasteiger partial charge < -0.3 is 19.8 Å². The molecular weight excluding hydrogens is 260 g/mol. The molecule has 7 heteroatoms. The maximum Gasteiger partial charge on any atom is 0.290 e. The van der Waals surface area contributed by atoms with Crippen LogP contribution in [0.15, 0.2) is 18.7 Å². The highest BCUT2D eigenvalue weighted by molar-refractivity contribution is 5.53. The highest BCUT2D eigenvalue weighted by atomic mass is 16.3. The third-order valence-electron chi connectivity index (χ3n) is 3.48. The van der Waals surface area contributed by atoms with Gasteiger partial charge in [-0.05, 0) is 26.2 Å². The van der Waals surface area contributed by atoms with Crippen molar-refractivity contribution in [1.29, 1.82) is 0 Å². The first-order valence-corrected chi connectivity index (χ1v) is 6.46. The summed E-state index contributed by atoms with van der Waals surface area (Å²) < 4.78 is 2.14. The van der Waals surface area contributed by atoms with Crippen LogP contribution in [0.2, 0.25) is 0 Å². The number of hydrogen-bond donors (Lipinski definition) is 3. The summed E-state index contributed by atoms with van der Waals surface area (Å²) in [4.78, 5) is 20.1.